The molecule has 0 unspecified atom stereocenters. The van der Waals surface area contributed by atoms with E-state index in [4.69, 9.17) is 0 Å². The minimum atomic E-state index is 0.312. The number of benzene rings is 1. The van der Waals surface area contributed by atoms with Gasteiger partial charge in [-0.1, -0.05) is 19.1 Å². The minimum Gasteiger partial charge on any atom is -0.508 e. The zero-order valence-electron chi connectivity index (χ0n) is 9.81. The van der Waals surface area contributed by atoms with Gasteiger partial charge in [0.1, 0.15) is 10.8 Å². The number of aryl methyl sites for hydroxylation is 1. The highest BCUT2D eigenvalue weighted by molar-refractivity contribution is 7.11. The smallest absolute Gasteiger partial charge is 0.115 e. The van der Waals surface area contributed by atoms with E-state index in [-0.39, 0.29) is 0 Å². The lowest BCUT2D eigenvalue weighted by atomic mass is 10.2. The Morgan fingerprint density at radius 1 is 1.35 bits per heavy atom. The van der Waals surface area contributed by atoms with Crippen molar-refractivity contribution in [1.29, 1.82) is 0 Å². The van der Waals surface area contributed by atoms with Gasteiger partial charge >= 0.3 is 0 Å². The molecule has 0 aliphatic carbocycles. The topological polar surface area (TPSA) is 45.2 Å². The highest BCUT2D eigenvalue weighted by Crippen LogP contribution is 2.14. The first-order chi connectivity index (χ1) is 8.28. The van der Waals surface area contributed by atoms with Crippen LogP contribution >= 0.6 is 11.3 Å². The van der Waals surface area contributed by atoms with Crippen molar-refractivity contribution in [3.05, 3.63) is 45.9 Å². The van der Waals surface area contributed by atoms with E-state index < -0.39 is 0 Å². The van der Waals surface area contributed by atoms with Gasteiger partial charge in [-0.3, -0.25) is 0 Å². The van der Waals surface area contributed by atoms with Gasteiger partial charge in [0, 0.05) is 24.2 Å². The van der Waals surface area contributed by atoms with E-state index in [9.17, 15) is 5.11 Å². The molecule has 0 saturated carbocycles. The van der Waals surface area contributed by atoms with Crippen molar-refractivity contribution in [2.24, 2.45) is 0 Å². The lowest BCUT2D eigenvalue weighted by Gasteiger charge is -2.03. The Hall–Kier alpha value is -1.39. The molecule has 3 nitrogen and oxygen atoms in total. The quantitative estimate of drug-likeness (QED) is 0.855. The molecule has 2 rings (SSSR count). The Kier molecular flexibility index (Phi) is 4.12. The zero-order valence-corrected chi connectivity index (χ0v) is 10.6. The SMILES string of the molecule is CCc1cnc(CNCc2cccc(O)c2)s1. The van der Waals surface area contributed by atoms with Gasteiger partial charge < -0.3 is 10.4 Å². The number of phenols is 1. The third kappa shape index (κ3) is 3.54. The van der Waals surface area contributed by atoms with Gasteiger partial charge in [0.25, 0.3) is 0 Å². The second-order valence-electron chi connectivity index (χ2n) is 3.85. The van der Waals surface area contributed by atoms with E-state index in [1.54, 1.807) is 23.5 Å². The van der Waals surface area contributed by atoms with Crippen LogP contribution in [0.15, 0.2) is 30.5 Å². The number of thiazole rings is 1. The van der Waals surface area contributed by atoms with E-state index in [2.05, 4.69) is 17.2 Å². The van der Waals surface area contributed by atoms with E-state index in [0.29, 0.717) is 5.75 Å². The molecule has 0 aliphatic rings. The summed E-state index contributed by atoms with van der Waals surface area (Å²) in [7, 11) is 0. The number of aromatic nitrogens is 1. The maximum absolute atomic E-state index is 9.33. The first-order valence-electron chi connectivity index (χ1n) is 5.70. The molecule has 2 aromatic rings. The van der Waals surface area contributed by atoms with Gasteiger partial charge in [0.15, 0.2) is 0 Å². The fourth-order valence-electron chi connectivity index (χ4n) is 1.57. The third-order valence-corrected chi connectivity index (χ3v) is 3.61. The predicted octanol–water partition coefficient (Wildman–Crippen LogP) is 2.70. The van der Waals surface area contributed by atoms with E-state index >= 15 is 0 Å². The number of nitrogens with zero attached hydrogens (tertiary/aromatic N) is 1. The molecule has 0 radical (unpaired) electrons. The summed E-state index contributed by atoms with van der Waals surface area (Å²) in [5.41, 5.74) is 1.08. The summed E-state index contributed by atoms with van der Waals surface area (Å²) in [5, 5.41) is 13.8. The first kappa shape index (κ1) is 12.1. The normalized spacial score (nSPS) is 10.6. The molecule has 0 atom stereocenters. The number of rotatable bonds is 5. The monoisotopic (exact) mass is 248 g/mol. The molecule has 1 aromatic heterocycles. The van der Waals surface area contributed by atoms with Crippen LogP contribution in [0.1, 0.15) is 22.4 Å². The Labute approximate surface area is 105 Å². The summed E-state index contributed by atoms with van der Waals surface area (Å²) in [6.07, 6.45) is 2.99. The van der Waals surface area contributed by atoms with Crippen LogP contribution in [0.5, 0.6) is 5.75 Å². The maximum atomic E-state index is 9.33. The van der Waals surface area contributed by atoms with Crippen LogP contribution in [0.25, 0.3) is 0 Å². The number of aromatic hydroxyl groups is 1. The number of hydrogen-bond acceptors (Lipinski definition) is 4. The molecule has 90 valence electrons. The summed E-state index contributed by atoms with van der Waals surface area (Å²) in [6, 6.07) is 7.29. The third-order valence-electron chi connectivity index (χ3n) is 2.47. The predicted molar refractivity (Wildman–Crippen MR) is 70.1 cm³/mol. The van der Waals surface area contributed by atoms with Crippen LogP contribution in [-0.4, -0.2) is 10.1 Å². The molecule has 0 amide bonds. The van der Waals surface area contributed by atoms with Crippen molar-refractivity contribution in [3.63, 3.8) is 0 Å². The van der Waals surface area contributed by atoms with Crippen molar-refractivity contribution >= 4 is 11.3 Å². The van der Waals surface area contributed by atoms with Gasteiger partial charge in [-0.05, 0) is 24.1 Å². The molecular formula is C13H16N2OS. The van der Waals surface area contributed by atoms with Crippen LogP contribution in [0.3, 0.4) is 0 Å². The Morgan fingerprint density at radius 3 is 2.94 bits per heavy atom. The molecule has 0 spiro atoms. The molecular weight excluding hydrogens is 232 g/mol. The van der Waals surface area contributed by atoms with Crippen molar-refractivity contribution < 1.29 is 5.11 Å². The van der Waals surface area contributed by atoms with Crippen LogP contribution < -0.4 is 5.32 Å². The lowest BCUT2D eigenvalue weighted by Crippen LogP contribution is -2.12. The lowest BCUT2D eigenvalue weighted by molar-refractivity contribution is 0.474. The summed E-state index contributed by atoms with van der Waals surface area (Å²) in [5.74, 6) is 0.312. The molecule has 2 N–H and O–H groups in total. The summed E-state index contributed by atoms with van der Waals surface area (Å²) in [6.45, 7) is 3.66. The summed E-state index contributed by atoms with van der Waals surface area (Å²) in [4.78, 5) is 5.66. The second kappa shape index (κ2) is 5.80. The van der Waals surface area contributed by atoms with Crippen LogP contribution in [0.2, 0.25) is 0 Å². The summed E-state index contributed by atoms with van der Waals surface area (Å²) >= 11 is 1.75. The van der Waals surface area contributed by atoms with Crippen LogP contribution in [-0.2, 0) is 19.5 Å². The van der Waals surface area contributed by atoms with E-state index in [1.807, 2.05) is 18.3 Å². The molecule has 0 aliphatic heterocycles. The van der Waals surface area contributed by atoms with Crippen molar-refractivity contribution in [2.45, 2.75) is 26.4 Å². The van der Waals surface area contributed by atoms with E-state index in [0.717, 1.165) is 30.1 Å². The standard InChI is InChI=1S/C13H16N2OS/c1-2-12-8-15-13(17-12)9-14-7-10-4-3-5-11(16)6-10/h3-6,8,14,16H,2,7,9H2,1H3. The molecule has 0 bridgehead atoms. The van der Waals surface area contributed by atoms with Gasteiger partial charge in [-0.25, -0.2) is 4.98 Å². The van der Waals surface area contributed by atoms with Crippen molar-refractivity contribution in [1.82, 2.24) is 10.3 Å². The molecule has 0 fully saturated rings. The minimum absolute atomic E-state index is 0.312. The Bertz CT molecular complexity index is 482. The average molecular weight is 248 g/mol. The fraction of sp³-hybridized carbons (Fsp3) is 0.308. The largest absolute Gasteiger partial charge is 0.508 e. The average Bonchev–Trinajstić information content (AvgIpc) is 2.77. The molecule has 4 heteroatoms. The van der Waals surface area contributed by atoms with Gasteiger partial charge in [0.05, 0.1) is 0 Å². The highest BCUT2D eigenvalue weighted by atomic mass is 32.1. The molecule has 0 saturated heterocycles. The zero-order chi connectivity index (χ0) is 12.1. The van der Waals surface area contributed by atoms with Crippen LogP contribution in [0, 0.1) is 0 Å². The van der Waals surface area contributed by atoms with Gasteiger partial charge in [-0.2, -0.15) is 0 Å². The molecule has 1 heterocycles. The first-order valence-corrected chi connectivity index (χ1v) is 6.52. The van der Waals surface area contributed by atoms with Crippen molar-refractivity contribution in [2.75, 3.05) is 0 Å². The highest BCUT2D eigenvalue weighted by Gasteiger charge is 2.00. The fourth-order valence-corrected chi connectivity index (χ4v) is 2.41. The molecule has 17 heavy (non-hydrogen) atoms. The molecule has 1 aromatic carbocycles. The maximum Gasteiger partial charge on any atom is 0.115 e. The number of hydrogen-bond donors (Lipinski definition) is 2. The Balaban J connectivity index is 1.83. The van der Waals surface area contributed by atoms with Crippen molar-refractivity contribution in [3.8, 4) is 5.75 Å². The second-order valence-corrected chi connectivity index (χ2v) is 5.05. The van der Waals surface area contributed by atoms with Gasteiger partial charge in [0.2, 0.25) is 0 Å². The number of nitrogens with one attached hydrogen (secondary N) is 1. The summed E-state index contributed by atoms with van der Waals surface area (Å²) < 4.78 is 0. The Morgan fingerprint density at radius 2 is 2.24 bits per heavy atom. The van der Waals surface area contributed by atoms with Gasteiger partial charge in [-0.15, -0.1) is 11.3 Å². The van der Waals surface area contributed by atoms with Crippen LogP contribution in [0.4, 0.5) is 0 Å². The number of phenolic OH excluding ortho intramolecular Hbond substituents is 1. The van der Waals surface area contributed by atoms with E-state index in [1.165, 1.54) is 4.88 Å².